The van der Waals surface area contributed by atoms with Crippen molar-refractivity contribution in [3.63, 3.8) is 0 Å². The highest BCUT2D eigenvalue weighted by Crippen LogP contribution is 2.53. The first-order valence-electron chi connectivity index (χ1n) is 15.9. The molecule has 4 saturated heterocycles. The summed E-state index contributed by atoms with van der Waals surface area (Å²) in [6, 6.07) is 8.58. The molecule has 51 heavy (non-hydrogen) atoms. The summed E-state index contributed by atoms with van der Waals surface area (Å²) in [7, 11) is -3.87. The van der Waals surface area contributed by atoms with Crippen molar-refractivity contribution in [3.05, 3.63) is 65.7 Å². The molecule has 16 nitrogen and oxygen atoms in total. The summed E-state index contributed by atoms with van der Waals surface area (Å²) in [6.45, 7) is 4.81. The molecule has 0 aromatic heterocycles. The van der Waals surface area contributed by atoms with Crippen LogP contribution < -0.4 is 5.73 Å². The predicted molar refractivity (Wildman–Crippen MR) is 177 cm³/mol. The van der Waals surface area contributed by atoms with Gasteiger partial charge in [0.15, 0.2) is 15.9 Å². The Kier molecular flexibility index (Phi) is 9.08. The number of carbonyl (C=O) groups is 6. The maximum atomic E-state index is 13.8. The van der Waals surface area contributed by atoms with Crippen LogP contribution in [0.3, 0.4) is 0 Å². The van der Waals surface area contributed by atoms with Crippen LogP contribution >= 0.6 is 11.8 Å². The van der Waals surface area contributed by atoms with Gasteiger partial charge in [0.05, 0.1) is 11.2 Å². The van der Waals surface area contributed by atoms with E-state index in [-0.39, 0.29) is 24.3 Å². The number of amides is 4. The smallest absolute Gasteiger partial charge is 0.417 e. The van der Waals surface area contributed by atoms with E-state index in [1.807, 2.05) is 0 Å². The minimum Gasteiger partial charge on any atom is -0.508 e. The molecule has 4 fully saturated rings. The minimum atomic E-state index is -3.87. The lowest BCUT2D eigenvalue weighted by atomic mass is 9.94. The number of phenolic OH excluding ortho intramolecular Hbond substituents is 1. The third-order valence-corrected chi connectivity index (χ3v) is 14.0. The molecule has 4 heterocycles. The van der Waals surface area contributed by atoms with E-state index in [9.17, 15) is 42.3 Å². The molecule has 0 radical (unpaired) electrons. The Bertz CT molecular complexity index is 1900. The Morgan fingerprint density at radius 3 is 2.16 bits per heavy atom. The number of thioether (sulfide) groups is 1. The van der Waals surface area contributed by atoms with Gasteiger partial charge in [-0.25, -0.2) is 27.7 Å². The molecular formula is C33H36N4O12S2. The van der Waals surface area contributed by atoms with Gasteiger partial charge in [0.1, 0.15) is 41.2 Å². The van der Waals surface area contributed by atoms with Crippen molar-refractivity contribution >= 4 is 57.4 Å². The topological polar surface area (TPSA) is 220 Å². The normalized spacial score (nSPS) is 26.9. The molecule has 2 aromatic rings. The number of nitrogens with zero attached hydrogens (tertiary/aromatic N) is 3. The van der Waals surface area contributed by atoms with Gasteiger partial charge in [-0.1, -0.05) is 42.5 Å². The molecule has 6 rings (SSSR count). The van der Waals surface area contributed by atoms with E-state index < -0.39 is 96.8 Å². The standard InChI is InChI=1S/C33H36N4O12S2/c1-32(2)24(29(42)48-16-49-30(43)25-33(3,4)51(45,46)21-14-20(39)35(21)25)37-27(41)23(28(37)50-32)36(31(44)47-15-17-8-6-5-7-9-17)26(40)22(34)18-10-12-19(38)13-11-18/h5-13,21-25,28,38H,14-16,34H2,1-4H3/t21-,22?,23-,24+,25+,28-/m1/s1. The number of esters is 2. The van der Waals surface area contributed by atoms with E-state index in [1.165, 1.54) is 43.0 Å². The van der Waals surface area contributed by atoms with Crippen molar-refractivity contribution in [2.75, 3.05) is 6.79 Å². The van der Waals surface area contributed by atoms with Gasteiger partial charge in [0.25, 0.3) is 11.8 Å². The van der Waals surface area contributed by atoms with E-state index in [2.05, 4.69) is 0 Å². The molecule has 3 N–H and O–H groups in total. The molecule has 0 aliphatic carbocycles. The fourth-order valence-electron chi connectivity index (χ4n) is 6.83. The minimum absolute atomic E-state index is 0.0742. The second-order valence-corrected chi connectivity index (χ2v) is 18.0. The second kappa shape index (κ2) is 12.8. The van der Waals surface area contributed by atoms with Crippen molar-refractivity contribution < 1.29 is 56.5 Å². The number of ether oxygens (including phenoxy) is 3. The average molecular weight is 745 g/mol. The molecule has 6 atom stereocenters. The van der Waals surface area contributed by atoms with Gasteiger partial charge >= 0.3 is 18.0 Å². The van der Waals surface area contributed by atoms with Crippen LogP contribution in [0.5, 0.6) is 5.75 Å². The van der Waals surface area contributed by atoms with Gasteiger partial charge in [-0.15, -0.1) is 11.8 Å². The molecule has 4 aliphatic rings. The fraction of sp³-hybridized carbons (Fsp3) is 0.455. The number of imide groups is 1. The van der Waals surface area contributed by atoms with Crippen molar-refractivity contribution in [2.45, 2.75) is 85.1 Å². The summed E-state index contributed by atoms with van der Waals surface area (Å²) in [5, 5.41) is 7.65. The lowest BCUT2D eigenvalue weighted by Crippen LogP contribution is -2.72. The molecule has 0 spiro atoms. The molecule has 18 heteroatoms. The third kappa shape index (κ3) is 5.87. The molecular weight excluding hydrogens is 709 g/mol. The van der Waals surface area contributed by atoms with Gasteiger partial charge < -0.3 is 34.9 Å². The lowest BCUT2D eigenvalue weighted by Gasteiger charge is -2.47. The fourth-order valence-corrected chi connectivity index (χ4v) is 10.6. The van der Waals surface area contributed by atoms with E-state index in [0.717, 1.165) is 16.7 Å². The first kappa shape index (κ1) is 36.1. The Morgan fingerprint density at radius 2 is 1.55 bits per heavy atom. The molecule has 272 valence electrons. The highest BCUT2D eigenvalue weighted by atomic mass is 32.2. The molecule has 1 unspecified atom stereocenters. The Balaban J connectivity index is 1.16. The van der Waals surface area contributed by atoms with Crippen molar-refractivity contribution in [2.24, 2.45) is 5.73 Å². The molecule has 0 saturated carbocycles. The van der Waals surface area contributed by atoms with Crippen LogP contribution in [0.15, 0.2) is 54.6 Å². The third-order valence-electron chi connectivity index (χ3n) is 9.67. The Morgan fingerprint density at radius 1 is 0.941 bits per heavy atom. The van der Waals surface area contributed by atoms with Gasteiger partial charge in [-0.3, -0.25) is 14.4 Å². The lowest BCUT2D eigenvalue weighted by molar-refractivity contribution is -0.182. The first-order valence-corrected chi connectivity index (χ1v) is 18.3. The van der Waals surface area contributed by atoms with Crippen LogP contribution in [0.25, 0.3) is 0 Å². The number of carbonyl (C=O) groups excluding carboxylic acids is 6. The molecule has 0 bridgehead atoms. The molecule has 4 aliphatic heterocycles. The summed E-state index contributed by atoms with van der Waals surface area (Å²) in [5.41, 5.74) is 7.14. The van der Waals surface area contributed by atoms with Crippen LogP contribution in [-0.4, -0.2) is 109 Å². The highest BCUT2D eigenvalue weighted by Gasteiger charge is 2.69. The quantitative estimate of drug-likeness (QED) is 0.209. The number of hydrogen-bond donors (Lipinski definition) is 2. The van der Waals surface area contributed by atoms with Gasteiger partial charge in [-0.2, -0.15) is 0 Å². The van der Waals surface area contributed by atoms with Crippen LogP contribution in [-0.2, 0) is 54.6 Å². The summed E-state index contributed by atoms with van der Waals surface area (Å²) < 4.78 is 38.9. The number of phenols is 1. The zero-order valence-electron chi connectivity index (χ0n) is 28.0. The van der Waals surface area contributed by atoms with Crippen LogP contribution in [0, 0.1) is 0 Å². The molecule has 4 amide bonds. The van der Waals surface area contributed by atoms with Gasteiger partial charge in [0, 0.05) is 4.75 Å². The van der Waals surface area contributed by atoms with Crippen LogP contribution in [0.4, 0.5) is 4.79 Å². The number of aromatic hydroxyl groups is 1. The van der Waals surface area contributed by atoms with Crippen LogP contribution in [0.2, 0.25) is 0 Å². The maximum Gasteiger partial charge on any atom is 0.417 e. The maximum absolute atomic E-state index is 13.8. The van der Waals surface area contributed by atoms with E-state index >= 15 is 0 Å². The monoisotopic (exact) mass is 744 g/mol. The highest BCUT2D eigenvalue weighted by molar-refractivity contribution is 8.01. The van der Waals surface area contributed by atoms with E-state index in [4.69, 9.17) is 19.9 Å². The number of rotatable bonds is 9. The Hall–Kier alpha value is -4.68. The average Bonchev–Trinajstić information content (AvgIpc) is 3.40. The first-order chi connectivity index (χ1) is 23.9. The van der Waals surface area contributed by atoms with Gasteiger partial charge in [0.2, 0.25) is 12.7 Å². The Labute approximate surface area is 297 Å². The number of nitrogens with two attached hydrogens (primary N) is 1. The summed E-state index contributed by atoms with van der Waals surface area (Å²) in [5.74, 6) is -4.34. The number of sulfone groups is 1. The van der Waals surface area contributed by atoms with Crippen molar-refractivity contribution in [1.82, 2.24) is 14.7 Å². The van der Waals surface area contributed by atoms with Crippen molar-refractivity contribution in [1.29, 1.82) is 0 Å². The summed E-state index contributed by atoms with van der Waals surface area (Å²) in [6.07, 6.45) is -1.37. The number of hydrogen-bond acceptors (Lipinski definition) is 14. The zero-order valence-corrected chi connectivity index (χ0v) is 29.6. The molecule has 2 aromatic carbocycles. The second-order valence-electron chi connectivity index (χ2n) is 13.6. The van der Waals surface area contributed by atoms with E-state index in [0.29, 0.717) is 10.5 Å². The number of β-lactam (4-membered cyclic amide) rings is 2. The largest absolute Gasteiger partial charge is 0.508 e. The van der Waals surface area contributed by atoms with Gasteiger partial charge in [-0.05, 0) is 51.0 Å². The summed E-state index contributed by atoms with van der Waals surface area (Å²) >= 11 is 1.13. The van der Waals surface area contributed by atoms with Crippen molar-refractivity contribution in [3.8, 4) is 5.75 Å². The predicted octanol–water partition coefficient (Wildman–Crippen LogP) is 1.17. The number of fused-ring (bicyclic) bond motifs is 2. The SMILES string of the molecule is CC1(C)S[C@@H]2[C@H](N(C(=O)OCc3ccccc3)C(=O)C(N)c3ccc(O)cc3)C(=O)N2[C@H]1C(=O)OCOC(=O)[C@@H]1N2C(=O)C[C@H]2S(=O)(=O)C1(C)C. The number of benzene rings is 2. The van der Waals surface area contributed by atoms with E-state index in [1.54, 1.807) is 44.2 Å². The summed E-state index contributed by atoms with van der Waals surface area (Å²) in [4.78, 5) is 82.7. The van der Waals surface area contributed by atoms with Crippen LogP contribution in [0.1, 0.15) is 51.3 Å². The zero-order chi connectivity index (χ0) is 37.2.